The van der Waals surface area contributed by atoms with E-state index in [2.05, 4.69) is 15.2 Å². The summed E-state index contributed by atoms with van der Waals surface area (Å²) in [6.07, 6.45) is -3.73. The molecule has 158 valence electrons. The number of amides is 1. The van der Waals surface area contributed by atoms with Gasteiger partial charge in [-0.1, -0.05) is 13.0 Å². The van der Waals surface area contributed by atoms with Gasteiger partial charge in [0.1, 0.15) is 11.6 Å². The van der Waals surface area contributed by atoms with Crippen molar-refractivity contribution in [1.29, 1.82) is 0 Å². The number of aromatic nitrogens is 4. The topological polar surface area (TPSA) is 66.6 Å². The van der Waals surface area contributed by atoms with Gasteiger partial charge in [0.05, 0.1) is 5.56 Å². The highest BCUT2D eigenvalue weighted by Gasteiger charge is 2.32. The molecule has 2 aromatic heterocycles. The minimum absolute atomic E-state index is 0.0456. The van der Waals surface area contributed by atoms with Crippen molar-refractivity contribution in [2.45, 2.75) is 26.4 Å². The fourth-order valence-electron chi connectivity index (χ4n) is 3.67. The van der Waals surface area contributed by atoms with Crippen LogP contribution in [0.25, 0.3) is 5.78 Å². The van der Waals surface area contributed by atoms with Gasteiger partial charge in [-0.3, -0.25) is 9.20 Å². The Balaban J connectivity index is 1.48. The normalized spacial score (nSPS) is 15.1. The number of aryl methyl sites for hydroxylation is 2. The standard InChI is InChI=1S/C20H21F3N6O/c1-3-16-25-26-19-24-17(11-13(2)29(16)19)27-7-9-28(10-8-27)18(30)14-5-4-6-15(12-14)20(21,22)23/h4-6,11-12H,3,7-10H2,1-2H3. The van der Waals surface area contributed by atoms with Crippen LogP contribution in [-0.4, -0.2) is 56.6 Å². The van der Waals surface area contributed by atoms with E-state index in [4.69, 9.17) is 0 Å². The van der Waals surface area contributed by atoms with Crippen molar-refractivity contribution < 1.29 is 18.0 Å². The summed E-state index contributed by atoms with van der Waals surface area (Å²) in [6, 6.07) is 6.51. The van der Waals surface area contributed by atoms with Gasteiger partial charge >= 0.3 is 6.18 Å². The molecule has 0 saturated carbocycles. The Bertz CT molecular complexity index is 1090. The number of carbonyl (C=O) groups is 1. The molecule has 3 aromatic rings. The van der Waals surface area contributed by atoms with Crippen LogP contribution in [0, 0.1) is 6.92 Å². The summed E-state index contributed by atoms with van der Waals surface area (Å²) in [5, 5.41) is 8.29. The number of fused-ring (bicyclic) bond motifs is 1. The van der Waals surface area contributed by atoms with E-state index < -0.39 is 17.6 Å². The van der Waals surface area contributed by atoms with Crippen LogP contribution in [0.5, 0.6) is 0 Å². The Labute approximate surface area is 171 Å². The molecule has 4 rings (SSSR count). The lowest BCUT2D eigenvalue weighted by atomic mass is 10.1. The van der Waals surface area contributed by atoms with E-state index in [1.165, 1.54) is 12.1 Å². The molecule has 0 spiro atoms. The van der Waals surface area contributed by atoms with Gasteiger partial charge in [0.25, 0.3) is 11.7 Å². The highest BCUT2D eigenvalue weighted by atomic mass is 19.4. The molecule has 1 aliphatic heterocycles. The first-order valence-corrected chi connectivity index (χ1v) is 9.71. The van der Waals surface area contributed by atoms with E-state index in [1.54, 1.807) is 4.90 Å². The molecule has 1 aliphatic rings. The van der Waals surface area contributed by atoms with Crippen molar-refractivity contribution in [1.82, 2.24) is 24.5 Å². The quantitative estimate of drug-likeness (QED) is 0.654. The van der Waals surface area contributed by atoms with Gasteiger partial charge in [-0.25, -0.2) is 0 Å². The second-order valence-corrected chi connectivity index (χ2v) is 7.22. The summed E-state index contributed by atoms with van der Waals surface area (Å²) >= 11 is 0. The molecule has 0 atom stereocenters. The molecule has 0 unspecified atom stereocenters. The number of halogens is 3. The zero-order valence-corrected chi connectivity index (χ0v) is 16.6. The largest absolute Gasteiger partial charge is 0.416 e. The highest BCUT2D eigenvalue weighted by Crippen LogP contribution is 2.30. The van der Waals surface area contributed by atoms with Gasteiger partial charge in [0, 0.05) is 49.9 Å². The van der Waals surface area contributed by atoms with Crippen LogP contribution in [-0.2, 0) is 12.6 Å². The summed E-state index contributed by atoms with van der Waals surface area (Å²) in [5.41, 5.74) is 0.197. The lowest BCUT2D eigenvalue weighted by Gasteiger charge is -2.35. The van der Waals surface area contributed by atoms with E-state index in [0.29, 0.717) is 32.0 Å². The molecule has 0 bridgehead atoms. The van der Waals surface area contributed by atoms with Crippen LogP contribution in [0.3, 0.4) is 0 Å². The van der Waals surface area contributed by atoms with Crippen LogP contribution in [0.4, 0.5) is 19.0 Å². The maximum atomic E-state index is 12.9. The number of benzene rings is 1. The van der Waals surface area contributed by atoms with Crippen molar-refractivity contribution in [2.24, 2.45) is 0 Å². The zero-order valence-electron chi connectivity index (χ0n) is 16.6. The summed E-state index contributed by atoms with van der Waals surface area (Å²) < 4.78 is 40.7. The zero-order chi connectivity index (χ0) is 21.5. The predicted molar refractivity (Wildman–Crippen MR) is 104 cm³/mol. The number of alkyl halides is 3. The maximum Gasteiger partial charge on any atom is 0.416 e. The number of hydrogen-bond donors (Lipinski definition) is 0. The van der Waals surface area contributed by atoms with Crippen molar-refractivity contribution in [3.63, 3.8) is 0 Å². The summed E-state index contributed by atoms with van der Waals surface area (Å²) in [4.78, 5) is 20.9. The predicted octanol–water partition coefficient (Wildman–Crippen LogP) is 2.98. The number of anilines is 1. The first-order chi connectivity index (χ1) is 14.3. The number of rotatable bonds is 3. The van der Waals surface area contributed by atoms with Crippen molar-refractivity contribution in [3.05, 3.63) is 53.0 Å². The third kappa shape index (κ3) is 3.69. The number of hydrogen-bond acceptors (Lipinski definition) is 5. The van der Waals surface area contributed by atoms with Gasteiger partial charge in [0.2, 0.25) is 0 Å². The molecule has 0 aliphatic carbocycles. The molecule has 0 N–H and O–H groups in total. The fraction of sp³-hybridized carbons (Fsp3) is 0.400. The molecule has 30 heavy (non-hydrogen) atoms. The molecular formula is C20H21F3N6O. The van der Waals surface area contributed by atoms with Gasteiger partial charge < -0.3 is 9.80 Å². The van der Waals surface area contributed by atoms with Gasteiger partial charge in [-0.2, -0.15) is 18.2 Å². The molecule has 1 saturated heterocycles. The molecule has 0 radical (unpaired) electrons. The van der Waals surface area contributed by atoms with Crippen molar-refractivity contribution in [3.8, 4) is 0 Å². The van der Waals surface area contributed by atoms with Gasteiger partial charge in [-0.05, 0) is 25.1 Å². The average molecular weight is 418 g/mol. The minimum atomic E-state index is -4.48. The maximum absolute atomic E-state index is 12.9. The Kier molecular flexibility index (Phi) is 5.08. The molecule has 7 nitrogen and oxygen atoms in total. The van der Waals surface area contributed by atoms with E-state index in [-0.39, 0.29) is 5.56 Å². The van der Waals surface area contributed by atoms with Crippen LogP contribution in [0.15, 0.2) is 30.3 Å². The van der Waals surface area contributed by atoms with Gasteiger partial charge in [0.15, 0.2) is 0 Å². The van der Waals surface area contributed by atoms with Crippen LogP contribution in [0.1, 0.15) is 34.4 Å². The Hall–Kier alpha value is -3.17. The highest BCUT2D eigenvalue weighted by molar-refractivity contribution is 5.94. The fourth-order valence-corrected chi connectivity index (χ4v) is 3.67. The van der Waals surface area contributed by atoms with Crippen molar-refractivity contribution >= 4 is 17.5 Å². The number of piperazine rings is 1. The molecular weight excluding hydrogens is 397 g/mol. The number of carbonyl (C=O) groups excluding carboxylic acids is 1. The third-order valence-electron chi connectivity index (χ3n) is 5.26. The molecule has 1 aromatic carbocycles. The molecule has 1 fully saturated rings. The summed E-state index contributed by atoms with van der Waals surface area (Å²) in [7, 11) is 0. The monoisotopic (exact) mass is 418 g/mol. The average Bonchev–Trinajstić information content (AvgIpc) is 3.16. The lowest BCUT2D eigenvalue weighted by molar-refractivity contribution is -0.137. The van der Waals surface area contributed by atoms with Crippen molar-refractivity contribution in [2.75, 3.05) is 31.1 Å². The molecule has 1 amide bonds. The molecule has 10 heteroatoms. The SMILES string of the molecule is CCc1nnc2nc(N3CCN(C(=O)c4cccc(C(F)(F)F)c4)CC3)cc(C)n12. The first kappa shape index (κ1) is 20.1. The number of nitrogens with zero attached hydrogens (tertiary/aromatic N) is 6. The summed E-state index contributed by atoms with van der Waals surface area (Å²) in [6.45, 7) is 5.82. The van der Waals surface area contributed by atoms with Crippen LogP contribution in [0.2, 0.25) is 0 Å². The second-order valence-electron chi connectivity index (χ2n) is 7.22. The van der Waals surface area contributed by atoms with E-state index in [0.717, 1.165) is 35.9 Å². The summed E-state index contributed by atoms with van der Waals surface area (Å²) in [5.74, 6) is 1.73. The third-order valence-corrected chi connectivity index (χ3v) is 5.26. The van der Waals surface area contributed by atoms with E-state index >= 15 is 0 Å². The minimum Gasteiger partial charge on any atom is -0.353 e. The smallest absolute Gasteiger partial charge is 0.353 e. The lowest BCUT2D eigenvalue weighted by Crippen LogP contribution is -2.49. The molecule has 3 heterocycles. The Morgan fingerprint density at radius 2 is 1.83 bits per heavy atom. The van der Waals surface area contributed by atoms with E-state index in [9.17, 15) is 18.0 Å². The Morgan fingerprint density at radius 3 is 2.50 bits per heavy atom. The van der Waals surface area contributed by atoms with E-state index in [1.807, 2.05) is 29.2 Å². The van der Waals surface area contributed by atoms with Crippen LogP contribution >= 0.6 is 0 Å². The van der Waals surface area contributed by atoms with Gasteiger partial charge in [-0.15, -0.1) is 10.2 Å². The second kappa shape index (κ2) is 7.58. The first-order valence-electron chi connectivity index (χ1n) is 9.71. The Morgan fingerprint density at radius 1 is 1.10 bits per heavy atom. The van der Waals surface area contributed by atoms with Crippen LogP contribution < -0.4 is 4.90 Å².